The fraction of sp³-hybridized carbons (Fsp3) is 0.318. The van der Waals surface area contributed by atoms with Gasteiger partial charge in [0.1, 0.15) is 12.6 Å². The number of rotatable bonds is 9. The standard InChI is InChI=1S/C22H26N2O4/c1-3-27-22(25)18(23)14-16-15-24(19-9-5-4-8-17(16)19)12-13-28-21-11-7-6-10-20(21)26-2/h4-11,15,18H,3,12-14,23H2,1-2H3. The number of nitrogens with zero attached hydrogens (tertiary/aromatic N) is 1. The molecule has 0 amide bonds. The summed E-state index contributed by atoms with van der Waals surface area (Å²) >= 11 is 0. The average molecular weight is 382 g/mol. The second kappa shape index (κ2) is 9.28. The van der Waals surface area contributed by atoms with Crippen molar-refractivity contribution in [1.82, 2.24) is 4.57 Å². The van der Waals surface area contributed by atoms with Crippen LogP contribution in [0, 0.1) is 0 Å². The van der Waals surface area contributed by atoms with Crippen molar-refractivity contribution in [2.45, 2.75) is 25.9 Å². The van der Waals surface area contributed by atoms with Crippen molar-refractivity contribution in [3.05, 3.63) is 60.3 Å². The number of para-hydroxylation sites is 3. The Morgan fingerprint density at radius 1 is 1.11 bits per heavy atom. The van der Waals surface area contributed by atoms with Crippen LogP contribution in [0.1, 0.15) is 12.5 Å². The van der Waals surface area contributed by atoms with Crippen molar-refractivity contribution in [2.75, 3.05) is 20.3 Å². The predicted octanol–water partition coefficient (Wildman–Crippen LogP) is 3.16. The van der Waals surface area contributed by atoms with Gasteiger partial charge in [-0.15, -0.1) is 0 Å². The lowest BCUT2D eigenvalue weighted by atomic mass is 10.1. The van der Waals surface area contributed by atoms with Gasteiger partial charge in [-0.05, 0) is 30.7 Å². The van der Waals surface area contributed by atoms with Crippen LogP contribution in [-0.4, -0.2) is 36.9 Å². The van der Waals surface area contributed by atoms with Crippen LogP contribution in [-0.2, 0) is 22.5 Å². The third kappa shape index (κ3) is 4.46. The van der Waals surface area contributed by atoms with Crippen LogP contribution in [0.3, 0.4) is 0 Å². The maximum absolute atomic E-state index is 11.9. The number of methoxy groups -OCH3 is 1. The Labute approximate surface area is 164 Å². The van der Waals surface area contributed by atoms with Crippen LogP contribution in [0.5, 0.6) is 11.5 Å². The molecule has 3 rings (SSSR count). The van der Waals surface area contributed by atoms with E-state index in [-0.39, 0.29) is 5.97 Å². The zero-order chi connectivity index (χ0) is 19.9. The van der Waals surface area contributed by atoms with Gasteiger partial charge in [-0.1, -0.05) is 30.3 Å². The van der Waals surface area contributed by atoms with Crippen LogP contribution in [0.25, 0.3) is 10.9 Å². The fourth-order valence-corrected chi connectivity index (χ4v) is 3.23. The zero-order valence-electron chi connectivity index (χ0n) is 16.3. The van der Waals surface area contributed by atoms with E-state index < -0.39 is 6.04 Å². The van der Waals surface area contributed by atoms with Crippen molar-refractivity contribution in [3.8, 4) is 11.5 Å². The van der Waals surface area contributed by atoms with Gasteiger partial charge in [0.05, 0.1) is 20.3 Å². The van der Waals surface area contributed by atoms with Gasteiger partial charge < -0.3 is 24.5 Å². The van der Waals surface area contributed by atoms with Gasteiger partial charge in [0.25, 0.3) is 0 Å². The minimum absolute atomic E-state index is 0.328. The molecule has 0 aliphatic rings. The third-order valence-corrected chi connectivity index (χ3v) is 4.56. The first-order valence-electron chi connectivity index (χ1n) is 9.38. The van der Waals surface area contributed by atoms with Gasteiger partial charge >= 0.3 is 5.97 Å². The number of ether oxygens (including phenoxy) is 3. The molecule has 148 valence electrons. The lowest BCUT2D eigenvalue weighted by Crippen LogP contribution is -2.34. The SMILES string of the molecule is CCOC(=O)C(N)Cc1cn(CCOc2ccccc2OC)c2ccccc12. The van der Waals surface area contributed by atoms with E-state index in [9.17, 15) is 4.79 Å². The van der Waals surface area contributed by atoms with Gasteiger partial charge in [-0.3, -0.25) is 4.79 Å². The Kier molecular flexibility index (Phi) is 6.55. The van der Waals surface area contributed by atoms with Gasteiger partial charge in [0.15, 0.2) is 11.5 Å². The van der Waals surface area contributed by atoms with E-state index in [1.54, 1.807) is 14.0 Å². The molecule has 6 heteroatoms. The van der Waals surface area contributed by atoms with Crippen molar-refractivity contribution in [3.63, 3.8) is 0 Å². The first-order chi connectivity index (χ1) is 13.6. The molecule has 3 aromatic rings. The number of carbonyl (C=O) groups excluding carboxylic acids is 1. The second-order valence-corrected chi connectivity index (χ2v) is 6.43. The molecule has 0 saturated heterocycles. The Morgan fingerprint density at radius 2 is 1.82 bits per heavy atom. The molecule has 2 aromatic carbocycles. The Bertz CT molecular complexity index is 935. The molecular formula is C22H26N2O4. The van der Waals surface area contributed by atoms with Gasteiger partial charge in [-0.25, -0.2) is 0 Å². The highest BCUT2D eigenvalue weighted by molar-refractivity contribution is 5.85. The smallest absolute Gasteiger partial charge is 0.323 e. The molecule has 0 spiro atoms. The van der Waals surface area contributed by atoms with E-state index in [2.05, 4.69) is 10.6 Å². The van der Waals surface area contributed by atoms with E-state index in [4.69, 9.17) is 19.9 Å². The number of aromatic nitrogens is 1. The molecule has 0 aliphatic heterocycles. The summed E-state index contributed by atoms with van der Waals surface area (Å²) in [5.74, 6) is 1.05. The van der Waals surface area contributed by atoms with E-state index in [0.717, 1.165) is 16.5 Å². The highest BCUT2D eigenvalue weighted by atomic mass is 16.5. The topological polar surface area (TPSA) is 75.7 Å². The van der Waals surface area contributed by atoms with E-state index >= 15 is 0 Å². The number of carbonyl (C=O) groups is 1. The molecule has 6 nitrogen and oxygen atoms in total. The molecule has 0 aliphatic carbocycles. The summed E-state index contributed by atoms with van der Waals surface area (Å²) in [6.45, 7) is 3.25. The number of benzene rings is 2. The molecule has 1 aromatic heterocycles. The lowest BCUT2D eigenvalue weighted by molar-refractivity contribution is -0.144. The fourth-order valence-electron chi connectivity index (χ4n) is 3.23. The van der Waals surface area contributed by atoms with Gasteiger partial charge in [-0.2, -0.15) is 0 Å². The number of hydrogen-bond donors (Lipinski definition) is 1. The summed E-state index contributed by atoms with van der Waals surface area (Å²) in [4.78, 5) is 11.9. The summed E-state index contributed by atoms with van der Waals surface area (Å²) in [7, 11) is 1.63. The van der Waals surface area contributed by atoms with Crippen molar-refractivity contribution in [1.29, 1.82) is 0 Å². The molecule has 0 fully saturated rings. The molecule has 0 bridgehead atoms. The minimum Gasteiger partial charge on any atom is -0.493 e. The molecule has 2 N–H and O–H groups in total. The van der Waals surface area contributed by atoms with Crippen LogP contribution in [0.15, 0.2) is 54.7 Å². The highest BCUT2D eigenvalue weighted by Crippen LogP contribution is 2.26. The molecule has 28 heavy (non-hydrogen) atoms. The summed E-state index contributed by atoms with van der Waals surface area (Å²) in [6.07, 6.45) is 2.47. The maximum Gasteiger partial charge on any atom is 0.323 e. The number of fused-ring (bicyclic) bond motifs is 1. The molecule has 1 atom stereocenters. The molecule has 0 saturated carbocycles. The molecular weight excluding hydrogens is 356 g/mol. The third-order valence-electron chi connectivity index (χ3n) is 4.56. The quantitative estimate of drug-likeness (QED) is 0.576. The van der Waals surface area contributed by atoms with Crippen LogP contribution >= 0.6 is 0 Å². The van der Waals surface area contributed by atoms with E-state index in [1.165, 1.54) is 0 Å². The largest absolute Gasteiger partial charge is 0.493 e. The highest BCUT2D eigenvalue weighted by Gasteiger charge is 2.18. The number of hydrogen-bond acceptors (Lipinski definition) is 5. The van der Waals surface area contributed by atoms with Crippen LogP contribution in [0.2, 0.25) is 0 Å². The summed E-state index contributed by atoms with van der Waals surface area (Å²) in [6, 6.07) is 15.0. The van der Waals surface area contributed by atoms with Crippen molar-refractivity contribution < 1.29 is 19.0 Å². The predicted molar refractivity (Wildman–Crippen MR) is 109 cm³/mol. The zero-order valence-corrected chi connectivity index (χ0v) is 16.3. The Hall–Kier alpha value is -2.99. The molecule has 0 radical (unpaired) electrons. The monoisotopic (exact) mass is 382 g/mol. The van der Waals surface area contributed by atoms with E-state index in [1.807, 2.05) is 48.7 Å². The van der Waals surface area contributed by atoms with Crippen molar-refractivity contribution >= 4 is 16.9 Å². The van der Waals surface area contributed by atoms with Crippen molar-refractivity contribution in [2.24, 2.45) is 5.73 Å². The van der Waals surface area contributed by atoms with Gasteiger partial charge in [0.2, 0.25) is 0 Å². The van der Waals surface area contributed by atoms with Gasteiger partial charge in [0, 0.05) is 23.5 Å². The second-order valence-electron chi connectivity index (χ2n) is 6.43. The minimum atomic E-state index is -0.677. The van der Waals surface area contributed by atoms with Crippen LogP contribution < -0.4 is 15.2 Å². The Morgan fingerprint density at radius 3 is 2.57 bits per heavy atom. The molecule has 1 unspecified atom stereocenters. The van der Waals surface area contributed by atoms with Crippen LogP contribution in [0.4, 0.5) is 0 Å². The summed E-state index contributed by atoms with van der Waals surface area (Å²) in [5.41, 5.74) is 8.12. The summed E-state index contributed by atoms with van der Waals surface area (Å²) < 4.78 is 18.4. The first-order valence-corrected chi connectivity index (χ1v) is 9.38. The normalized spacial score (nSPS) is 12.0. The summed E-state index contributed by atoms with van der Waals surface area (Å²) in [5, 5.41) is 1.08. The average Bonchev–Trinajstić information content (AvgIpc) is 3.06. The number of esters is 1. The first kappa shape index (κ1) is 19.8. The van der Waals surface area contributed by atoms with E-state index in [0.29, 0.717) is 37.7 Å². The maximum atomic E-state index is 11.9. The number of nitrogens with two attached hydrogens (primary N) is 1. The lowest BCUT2D eigenvalue weighted by Gasteiger charge is -2.11. The molecule has 1 heterocycles. The Balaban J connectivity index is 1.74.